The highest BCUT2D eigenvalue weighted by atomic mass is 127. The quantitative estimate of drug-likeness (QED) is 0.865. The lowest BCUT2D eigenvalue weighted by Crippen LogP contribution is -1.96. The fourth-order valence-electron chi connectivity index (χ4n) is 0.917. The maximum atomic E-state index is 4.29. The normalized spacial score (nSPS) is 10.1. The summed E-state index contributed by atoms with van der Waals surface area (Å²) < 4.78 is 0.984. The van der Waals surface area contributed by atoms with Crippen molar-refractivity contribution in [2.75, 3.05) is 5.32 Å². The Labute approximate surface area is 99.0 Å². The van der Waals surface area contributed by atoms with Crippen molar-refractivity contribution in [2.24, 2.45) is 0 Å². The molecule has 1 N–H and O–H groups in total. The van der Waals surface area contributed by atoms with Crippen LogP contribution in [0.5, 0.6) is 0 Å². The van der Waals surface area contributed by atoms with Gasteiger partial charge in [-0.2, -0.15) is 0 Å². The molecule has 14 heavy (non-hydrogen) atoms. The zero-order valence-corrected chi connectivity index (χ0v) is 10.3. The van der Waals surface area contributed by atoms with Crippen LogP contribution in [-0.4, -0.2) is 15.0 Å². The first-order valence-corrected chi connectivity index (χ1v) is 5.86. The summed E-state index contributed by atoms with van der Waals surface area (Å²) in [5, 5.41) is 6.00. The molecule has 2 rings (SSSR count). The van der Waals surface area contributed by atoms with Crippen LogP contribution in [0.3, 0.4) is 0 Å². The molecule has 0 aliphatic carbocycles. The first kappa shape index (κ1) is 9.78. The third-order valence-corrected chi connectivity index (χ3v) is 3.18. The van der Waals surface area contributed by atoms with Crippen LogP contribution in [0.2, 0.25) is 0 Å². The number of aromatic nitrogens is 3. The van der Waals surface area contributed by atoms with E-state index in [1.165, 1.54) is 6.33 Å². The van der Waals surface area contributed by atoms with Gasteiger partial charge in [-0.25, -0.2) is 15.0 Å². The van der Waals surface area contributed by atoms with Gasteiger partial charge in [-0.3, -0.25) is 0 Å². The largest absolute Gasteiger partial charge is 0.315 e. The third kappa shape index (κ3) is 2.18. The van der Waals surface area contributed by atoms with E-state index in [0.29, 0.717) is 0 Å². The minimum absolute atomic E-state index is 0.801. The zero-order valence-electron chi connectivity index (χ0n) is 7.36. The smallest absolute Gasteiger partial charge is 0.188 e. The van der Waals surface area contributed by atoms with Crippen LogP contribution in [0, 0.1) is 10.5 Å². The van der Waals surface area contributed by atoms with Crippen molar-refractivity contribution >= 4 is 44.9 Å². The minimum Gasteiger partial charge on any atom is -0.315 e. The standard InChI is InChI=1S/C8H7IN4S/c1-5-3-14-8(12-5)13-7-6(9)2-10-4-11-7/h2-4H,1H3,(H,10,11,12,13). The van der Waals surface area contributed by atoms with E-state index >= 15 is 0 Å². The Kier molecular flexibility index (Phi) is 2.92. The summed E-state index contributed by atoms with van der Waals surface area (Å²) in [6.07, 6.45) is 3.28. The van der Waals surface area contributed by atoms with Gasteiger partial charge in [-0.05, 0) is 29.5 Å². The molecule has 72 valence electrons. The van der Waals surface area contributed by atoms with Crippen molar-refractivity contribution in [3.63, 3.8) is 0 Å². The van der Waals surface area contributed by atoms with Gasteiger partial charge >= 0.3 is 0 Å². The third-order valence-electron chi connectivity index (χ3n) is 1.51. The highest BCUT2D eigenvalue weighted by molar-refractivity contribution is 14.1. The highest BCUT2D eigenvalue weighted by Crippen LogP contribution is 2.21. The van der Waals surface area contributed by atoms with E-state index in [4.69, 9.17) is 0 Å². The van der Waals surface area contributed by atoms with E-state index in [1.54, 1.807) is 17.5 Å². The Morgan fingerprint density at radius 3 is 3.00 bits per heavy atom. The molecule has 4 nitrogen and oxygen atoms in total. The van der Waals surface area contributed by atoms with Crippen molar-refractivity contribution in [1.29, 1.82) is 0 Å². The minimum atomic E-state index is 0.801. The molecule has 0 aromatic carbocycles. The second-order valence-corrected chi connectivity index (χ2v) is 4.66. The fourth-order valence-corrected chi connectivity index (χ4v) is 2.04. The maximum absolute atomic E-state index is 4.29. The fraction of sp³-hybridized carbons (Fsp3) is 0.125. The van der Waals surface area contributed by atoms with Gasteiger partial charge in [-0.15, -0.1) is 11.3 Å². The Hall–Kier alpha value is -0.760. The Balaban J connectivity index is 2.23. The number of aryl methyl sites for hydroxylation is 1. The molecular formula is C8H7IN4S. The molecule has 0 bridgehead atoms. The average Bonchev–Trinajstić information content (AvgIpc) is 2.56. The molecule has 2 aromatic rings. The molecule has 0 atom stereocenters. The van der Waals surface area contributed by atoms with Gasteiger partial charge in [0.15, 0.2) is 5.13 Å². The summed E-state index contributed by atoms with van der Waals surface area (Å²) in [6, 6.07) is 0. The van der Waals surface area contributed by atoms with E-state index in [-0.39, 0.29) is 0 Å². The molecule has 2 heterocycles. The SMILES string of the molecule is Cc1csc(Nc2ncncc2I)n1. The van der Waals surface area contributed by atoms with Gasteiger partial charge in [0.2, 0.25) is 0 Å². The van der Waals surface area contributed by atoms with Gasteiger partial charge in [0.1, 0.15) is 12.1 Å². The summed E-state index contributed by atoms with van der Waals surface area (Å²) >= 11 is 3.75. The summed E-state index contributed by atoms with van der Waals surface area (Å²) in [7, 11) is 0. The molecule has 0 spiro atoms. The van der Waals surface area contributed by atoms with E-state index < -0.39 is 0 Å². The van der Waals surface area contributed by atoms with Crippen LogP contribution in [0.1, 0.15) is 5.69 Å². The predicted molar refractivity (Wildman–Crippen MR) is 64.9 cm³/mol. The van der Waals surface area contributed by atoms with Crippen molar-refractivity contribution in [3.8, 4) is 0 Å². The van der Waals surface area contributed by atoms with Crippen molar-refractivity contribution in [1.82, 2.24) is 15.0 Å². The molecule has 0 aliphatic heterocycles. The maximum Gasteiger partial charge on any atom is 0.188 e. The van der Waals surface area contributed by atoms with Crippen molar-refractivity contribution in [2.45, 2.75) is 6.92 Å². The predicted octanol–water partition coefficient (Wildman–Crippen LogP) is 2.59. The molecule has 2 aromatic heterocycles. The molecule has 0 radical (unpaired) electrons. The topological polar surface area (TPSA) is 50.7 Å². The van der Waals surface area contributed by atoms with Gasteiger partial charge in [0.05, 0.1) is 9.26 Å². The number of thiazole rings is 1. The lowest BCUT2D eigenvalue weighted by Gasteiger charge is -2.01. The Morgan fingerprint density at radius 2 is 2.36 bits per heavy atom. The lowest BCUT2D eigenvalue weighted by molar-refractivity contribution is 1.14. The van der Waals surface area contributed by atoms with E-state index in [2.05, 4.69) is 42.9 Å². The number of nitrogens with one attached hydrogen (secondary N) is 1. The van der Waals surface area contributed by atoms with Crippen molar-refractivity contribution < 1.29 is 0 Å². The van der Waals surface area contributed by atoms with E-state index in [1.807, 2.05) is 12.3 Å². The van der Waals surface area contributed by atoms with E-state index in [0.717, 1.165) is 20.2 Å². The molecule has 0 fully saturated rings. The molecule has 0 amide bonds. The van der Waals surface area contributed by atoms with Crippen LogP contribution in [-0.2, 0) is 0 Å². The van der Waals surface area contributed by atoms with Crippen molar-refractivity contribution in [3.05, 3.63) is 27.2 Å². The molecular weight excluding hydrogens is 311 g/mol. The van der Waals surface area contributed by atoms with Crippen LogP contribution >= 0.6 is 33.9 Å². The Bertz CT molecular complexity index is 442. The molecule has 6 heteroatoms. The lowest BCUT2D eigenvalue weighted by atomic mass is 10.6. The number of anilines is 2. The number of rotatable bonds is 2. The first-order valence-electron chi connectivity index (χ1n) is 3.90. The first-order chi connectivity index (χ1) is 6.75. The molecule has 0 aliphatic rings. The second kappa shape index (κ2) is 4.18. The van der Waals surface area contributed by atoms with Gasteiger partial charge in [0.25, 0.3) is 0 Å². The molecule has 0 saturated heterocycles. The van der Waals surface area contributed by atoms with Gasteiger partial charge < -0.3 is 5.32 Å². The summed E-state index contributed by atoms with van der Waals surface area (Å²) in [6.45, 7) is 1.96. The average molecular weight is 318 g/mol. The van der Waals surface area contributed by atoms with E-state index in [9.17, 15) is 0 Å². The zero-order chi connectivity index (χ0) is 9.97. The molecule has 0 unspecified atom stereocenters. The van der Waals surface area contributed by atoms with Crippen LogP contribution < -0.4 is 5.32 Å². The van der Waals surface area contributed by atoms with Gasteiger partial charge in [-0.1, -0.05) is 0 Å². The second-order valence-electron chi connectivity index (χ2n) is 2.64. The summed E-state index contributed by atoms with van der Waals surface area (Å²) in [5.74, 6) is 0.801. The monoisotopic (exact) mass is 318 g/mol. The number of hydrogen-bond donors (Lipinski definition) is 1. The van der Waals surface area contributed by atoms with Crippen LogP contribution in [0.15, 0.2) is 17.9 Å². The summed E-state index contributed by atoms with van der Waals surface area (Å²) in [4.78, 5) is 12.3. The summed E-state index contributed by atoms with van der Waals surface area (Å²) in [5.41, 5.74) is 1.02. The number of hydrogen-bond acceptors (Lipinski definition) is 5. The van der Waals surface area contributed by atoms with Crippen LogP contribution in [0.25, 0.3) is 0 Å². The Morgan fingerprint density at radius 1 is 1.50 bits per heavy atom. The van der Waals surface area contributed by atoms with Gasteiger partial charge in [0, 0.05) is 11.6 Å². The number of nitrogens with zero attached hydrogens (tertiary/aromatic N) is 3. The van der Waals surface area contributed by atoms with Crippen LogP contribution in [0.4, 0.5) is 10.9 Å². The number of halogens is 1. The molecule has 0 saturated carbocycles. The highest BCUT2D eigenvalue weighted by Gasteiger charge is 2.03.